The molecule has 0 spiro atoms. The summed E-state index contributed by atoms with van der Waals surface area (Å²) in [5, 5.41) is 7.66. The van der Waals surface area contributed by atoms with Crippen LogP contribution in [-0.2, 0) is 19.2 Å². The topological polar surface area (TPSA) is 151 Å². The highest BCUT2D eigenvalue weighted by atomic mass is 16.2. The molecule has 10 nitrogen and oxygen atoms in total. The molecule has 1 heterocycles. The van der Waals surface area contributed by atoms with Gasteiger partial charge in [0.1, 0.15) is 0 Å². The molecule has 0 unspecified atom stereocenters. The summed E-state index contributed by atoms with van der Waals surface area (Å²) in [7, 11) is 0. The zero-order valence-electron chi connectivity index (χ0n) is 15.3. The monoisotopic (exact) mass is 381 g/mol. The van der Waals surface area contributed by atoms with Crippen LogP contribution in [0.25, 0.3) is 0 Å². The number of hydrogen-bond acceptors (Lipinski definition) is 5. The van der Waals surface area contributed by atoms with Crippen LogP contribution in [0.5, 0.6) is 0 Å². The van der Waals surface area contributed by atoms with E-state index in [2.05, 4.69) is 16.0 Å². The first kappa shape index (κ1) is 22.1. The van der Waals surface area contributed by atoms with Crippen molar-refractivity contribution in [3.8, 4) is 0 Å². The van der Waals surface area contributed by atoms with E-state index in [1.807, 2.05) is 0 Å². The lowest BCUT2D eigenvalue weighted by Gasteiger charge is -2.13. The first-order chi connectivity index (χ1) is 12.9. The van der Waals surface area contributed by atoms with Crippen LogP contribution in [-0.4, -0.2) is 60.7 Å². The summed E-state index contributed by atoms with van der Waals surface area (Å²) >= 11 is 0. The van der Waals surface area contributed by atoms with Crippen molar-refractivity contribution in [1.82, 2.24) is 20.9 Å². The predicted molar refractivity (Wildman–Crippen MR) is 97.2 cm³/mol. The van der Waals surface area contributed by atoms with Crippen molar-refractivity contribution in [2.75, 3.05) is 26.2 Å². The van der Waals surface area contributed by atoms with Crippen LogP contribution in [0, 0.1) is 0 Å². The molecule has 0 saturated heterocycles. The molecule has 0 bridgehead atoms. The average molecular weight is 381 g/mol. The SMILES string of the molecule is NC(=O)NCCCCNC(=O)CNC(=O)CCCCCN1C(=O)C=CC1=O. The molecule has 1 aliphatic heterocycles. The Labute approximate surface area is 157 Å². The average Bonchev–Trinajstić information content (AvgIpc) is 2.94. The second-order valence-electron chi connectivity index (χ2n) is 6.10. The molecule has 1 rings (SSSR count). The van der Waals surface area contributed by atoms with E-state index < -0.39 is 6.03 Å². The molecular weight excluding hydrogens is 354 g/mol. The molecule has 0 radical (unpaired) electrons. The fraction of sp³-hybridized carbons (Fsp3) is 0.588. The quantitative estimate of drug-likeness (QED) is 0.242. The maximum atomic E-state index is 11.7. The molecule has 0 aliphatic carbocycles. The van der Waals surface area contributed by atoms with Crippen LogP contribution < -0.4 is 21.7 Å². The molecule has 0 atom stereocenters. The molecule has 0 fully saturated rings. The van der Waals surface area contributed by atoms with Crippen molar-refractivity contribution < 1.29 is 24.0 Å². The highest BCUT2D eigenvalue weighted by Gasteiger charge is 2.22. The van der Waals surface area contributed by atoms with Gasteiger partial charge in [0.2, 0.25) is 11.8 Å². The van der Waals surface area contributed by atoms with Gasteiger partial charge in [-0.2, -0.15) is 0 Å². The Morgan fingerprint density at radius 2 is 1.44 bits per heavy atom. The van der Waals surface area contributed by atoms with Crippen LogP contribution in [0.1, 0.15) is 38.5 Å². The van der Waals surface area contributed by atoms with Crippen molar-refractivity contribution in [2.24, 2.45) is 5.73 Å². The van der Waals surface area contributed by atoms with Gasteiger partial charge >= 0.3 is 6.03 Å². The molecule has 150 valence electrons. The molecule has 27 heavy (non-hydrogen) atoms. The van der Waals surface area contributed by atoms with Gasteiger partial charge in [-0.3, -0.25) is 24.1 Å². The molecule has 0 aromatic carbocycles. The van der Waals surface area contributed by atoms with E-state index in [0.29, 0.717) is 51.7 Å². The number of carbonyl (C=O) groups excluding carboxylic acids is 5. The third-order valence-corrected chi connectivity index (χ3v) is 3.86. The van der Waals surface area contributed by atoms with Gasteiger partial charge in [0.25, 0.3) is 11.8 Å². The number of carbonyl (C=O) groups is 5. The van der Waals surface area contributed by atoms with Gasteiger partial charge in [-0.15, -0.1) is 0 Å². The summed E-state index contributed by atoms with van der Waals surface area (Å²) in [6.07, 6.45) is 6.12. The van der Waals surface area contributed by atoms with Crippen LogP contribution in [0.15, 0.2) is 12.2 Å². The number of primary amides is 1. The Kier molecular flexibility index (Phi) is 10.2. The minimum atomic E-state index is -0.572. The number of amides is 6. The second kappa shape index (κ2) is 12.4. The van der Waals surface area contributed by atoms with E-state index in [0.717, 1.165) is 0 Å². The van der Waals surface area contributed by atoms with Gasteiger partial charge < -0.3 is 21.7 Å². The van der Waals surface area contributed by atoms with Crippen molar-refractivity contribution >= 4 is 29.7 Å². The summed E-state index contributed by atoms with van der Waals surface area (Å²) in [4.78, 5) is 57.6. The standard InChI is InChI=1S/C17H27N5O5/c18-17(27)20-10-4-3-9-19-14(24)12-21-13(23)6-2-1-5-11-22-15(25)7-8-16(22)26/h7-8H,1-6,9-12H2,(H,19,24)(H,21,23)(H3,18,20,27). The maximum Gasteiger partial charge on any atom is 0.312 e. The summed E-state index contributed by atoms with van der Waals surface area (Å²) in [5.74, 6) is -1.09. The number of nitrogens with two attached hydrogens (primary N) is 1. The fourth-order valence-electron chi connectivity index (χ4n) is 2.40. The molecule has 0 saturated carbocycles. The van der Waals surface area contributed by atoms with Gasteiger partial charge in [-0.1, -0.05) is 6.42 Å². The molecule has 0 aromatic heterocycles. The minimum absolute atomic E-state index is 0.0825. The Morgan fingerprint density at radius 1 is 0.815 bits per heavy atom. The third kappa shape index (κ3) is 9.97. The smallest absolute Gasteiger partial charge is 0.312 e. The lowest BCUT2D eigenvalue weighted by molar-refractivity contribution is -0.137. The van der Waals surface area contributed by atoms with Crippen LogP contribution in [0.3, 0.4) is 0 Å². The van der Waals surface area contributed by atoms with Crippen LogP contribution >= 0.6 is 0 Å². The van der Waals surface area contributed by atoms with Crippen LogP contribution in [0.2, 0.25) is 0 Å². The van der Waals surface area contributed by atoms with Gasteiger partial charge in [0, 0.05) is 38.2 Å². The second-order valence-corrected chi connectivity index (χ2v) is 6.10. The molecule has 5 N–H and O–H groups in total. The first-order valence-corrected chi connectivity index (χ1v) is 9.00. The van der Waals surface area contributed by atoms with E-state index in [1.54, 1.807) is 0 Å². The normalized spacial score (nSPS) is 13.0. The third-order valence-electron chi connectivity index (χ3n) is 3.86. The Balaban J connectivity index is 1.96. The summed E-state index contributed by atoms with van der Waals surface area (Å²) in [6, 6.07) is -0.572. The number of rotatable bonds is 13. The van der Waals surface area contributed by atoms with Gasteiger partial charge in [0.05, 0.1) is 6.54 Å². The van der Waals surface area contributed by atoms with Gasteiger partial charge in [-0.25, -0.2) is 4.79 Å². The predicted octanol–water partition coefficient (Wildman–Crippen LogP) is -0.847. The highest BCUT2D eigenvalue weighted by molar-refractivity contribution is 6.12. The van der Waals surface area contributed by atoms with Crippen molar-refractivity contribution in [3.05, 3.63) is 12.2 Å². The first-order valence-electron chi connectivity index (χ1n) is 9.00. The minimum Gasteiger partial charge on any atom is -0.355 e. The molecule has 6 amide bonds. The maximum absolute atomic E-state index is 11.7. The molecule has 0 aromatic rings. The van der Waals surface area contributed by atoms with E-state index in [4.69, 9.17) is 5.73 Å². The number of hydrogen-bond donors (Lipinski definition) is 4. The number of imide groups is 1. The summed E-state index contributed by atoms with van der Waals surface area (Å²) < 4.78 is 0. The van der Waals surface area contributed by atoms with Gasteiger partial charge in [0.15, 0.2) is 0 Å². The van der Waals surface area contributed by atoms with E-state index in [9.17, 15) is 24.0 Å². The Morgan fingerprint density at radius 3 is 2.07 bits per heavy atom. The number of nitrogens with zero attached hydrogens (tertiary/aromatic N) is 1. The summed E-state index contributed by atoms with van der Waals surface area (Å²) in [5.41, 5.74) is 4.92. The van der Waals surface area contributed by atoms with Crippen molar-refractivity contribution in [2.45, 2.75) is 38.5 Å². The number of urea groups is 1. The molecular formula is C17H27N5O5. The lowest BCUT2D eigenvalue weighted by Crippen LogP contribution is -2.37. The van der Waals surface area contributed by atoms with E-state index >= 15 is 0 Å². The lowest BCUT2D eigenvalue weighted by atomic mass is 10.2. The van der Waals surface area contributed by atoms with Gasteiger partial charge in [-0.05, 0) is 25.7 Å². The number of unbranched alkanes of at least 4 members (excludes halogenated alkanes) is 3. The Hall–Kier alpha value is -2.91. The zero-order valence-corrected chi connectivity index (χ0v) is 15.3. The summed E-state index contributed by atoms with van der Waals surface area (Å²) in [6.45, 7) is 1.18. The van der Waals surface area contributed by atoms with Crippen LogP contribution in [0.4, 0.5) is 4.79 Å². The Bertz CT molecular complexity index is 572. The molecule has 1 aliphatic rings. The van der Waals surface area contributed by atoms with Crippen molar-refractivity contribution in [3.63, 3.8) is 0 Å². The van der Waals surface area contributed by atoms with Crippen molar-refractivity contribution in [1.29, 1.82) is 0 Å². The zero-order chi connectivity index (χ0) is 20.1. The largest absolute Gasteiger partial charge is 0.355 e. The highest BCUT2D eigenvalue weighted by Crippen LogP contribution is 2.07. The molecule has 10 heteroatoms. The van der Waals surface area contributed by atoms with E-state index in [-0.39, 0.29) is 36.6 Å². The van der Waals surface area contributed by atoms with E-state index in [1.165, 1.54) is 17.1 Å². The number of nitrogens with one attached hydrogen (secondary N) is 3. The fourth-order valence-corrected chi connectivity index (χ4v) is 2.40.